The van der Waals surface area contributed by atoms with Crippen molar-refractivity contribution in [2.24, 2.45) is 0 Å². The molecule has 62 heavy (non-hydrogen) atoms. The van der Waals surface area contributed by atoms with Crippen LogP contribution in [0.25, 0.3) is 56.2 Å². The predicted molar refractivity (Wildman–Crippen MR) is 256 cm³/mol. The summed E-state index contributed by atoms with van der Waals surface area (Å²) in [4.78, 5) is 14.8. The van der Waals surface area contributed by atoms with Crippen LogP contribution in [0, 0.1) is 0 Å². The fraction of sp³-hybridized carbons (Fsp3) is 0. The molecule has 0 aliphatic heterocycles. The zero-order valence-corrected chi connectivity index (χ0v) is 33.8. The number of benzene rings is 9. The maximum atomic E-state index is 5.11. The summed E-state index contributed by atoms with van der Waals surface area (Å²) in [5.41, 5.74) is 14.7. The molecule has 294 valence electrons. The van der Waals surface area contributed by atoms with Crippen LogP contribution in [-0.4, -0.2) is 19.1 Å². The number of fused-ring (bicyclic) bond motifs is 2. The van der Waals surface area contributed by atoms with Gasteiger partial charge in [-0.05, 0) is 146 Å². The Morgan fingerprint density at radius 1 is 0.258 bits per heavy atom. The Bertz CT molecular complexity index is 3030. The number of hydrogen-bond acceptors (Lipinski definition) is 4. The van der Waals surface area contributed by atoms with Crippen LogP contribution in [0.1, 0.15) is 0 Å². The van der Waals surface area contributed by atoms with Gasteiger partial charge in [0, 0.05) is 56.6 Å². The highest BCUT2D eigenvalue weighted by Gasteiger charge is 2.20. The van der Waals surface area contributed by atoms with Gasteiger partial charge in [-0.1, -0.05) is 97.1 Å². The van der Waals surface area contributed by atoms with Crippen molar-refractivity contribution in [3.8, 4) is 34.2 Å². The molecule has 0 N–H and O–H groups in total. The monoisotopic (exact) mass is 796 g/mol. The molecule has 0 radical (unpaired) electrons. The highest BCUT2D eigenvalue weighted by molar-refractivity contribution is 5.87. The predicted octanol–water partition coefficient (Wildman–Crippen LogP) is 14.6. The molecule has 6 nitrogen and oxygen atoms in total. The van der Waals surface area contributed by atoms with E-state index in [-0.39, 0.29) is 0 Å². The Balaban J connectivity index is 0.949. The Morgan fingerprint density at radius 2 is 0.532 bits per heavy atom. The molecule has 2 aromatic heterocycles. The van der Waals surface area contributed by atoms with Crippen molar-refractivity contribution in [1.82, 2.24) is 19.1 Å². The smallest absolute Gasteiger partial charge is 0.145 e. The van der Waals surface area contributed by atoms with Gasteiger partial charge in [-0.3, -0.25) is 9.13 Å². The Hall–Kier alpha value is -8.48. The summed E-state index contributed by atoms with van der Waals surface area (Å²) in [6.45, 7) is 0. The molecule has 0 bridgehead atoms. The molecule has 0 fully saturated rings. The largest absolute Gasteiger partial charge is 0.311 e. The molecule has 0 atom stereocenters. The maximum absolute atomic E-state index is 5.11. The van der Waals surface area contributed by atoms with Crippen molar-refractivity contribution in [1.29, 1.82) is 0 Å². The molecule has 0 saturated carbocycles. The van der Waals surface area contributed by atoms with E-state index in [1.807, 2.05) is 24.3 Å². The molecule has 0 spiro atoms. The highest BCUT2D eigenvalue weighted by Crippen LogP contribution is 2.41. The third kappa shape index (κ3) is 6.76. The molecular formula is C56H40N6. The van der Waals surface area contributed by atoms with Gasteiger partial charge in [-0.2, -0.15) is 0 Å². The first-order chi connectivity index (χ1) is 30.8. The number of aromatic nitrogens is 4. The van der Waals surface area contributed by atoms with Crippen LogP contribution in [0.15, 0.2) is 243 Å². The summed E-state index contributed by atoms with van der Waals surface area (Å²) in [7, 11) is 0. The number of anilines is 6. The fourth-order valence-electron chi connectivity index (χ4n) is 8.43. The van der Waals surface area contributed by atoms with E-state index in [0.29, 0.717) is 0 Å². The lowest BCUT2D eigenvalue weighted by Gasteiger charge is -2.28. The van der Waals surface area contributed by atoms with Crippen LogP contribution in [0.5, 0.6) is 0 Å². The van der Waals surface area contributed by atoms with Gasteiger partial charge in [0.15, 0.2) is 0 Å². The van der Waals surface area contributed by atoms with Crippen LogP contribution in [0.4, 0.5) is 34.1 Å². The minimum absolute atomic E-state index is 0.906. The number of hydrogen-bond donors (Lipinski definition) is 0. The maximum Gasteiger partial charge on any atom is 0.145 e. The van der Waals surface area contributed by atoms with Gasteiger partial charge in [0.1, 0.15) is 11.6 Å². The average molecular weight is 797 g/mol. The van der Waals surface area contributed by atoms with Gasteiger partial charge < -0.3 is 9.80 Å². The standard InChI is InChI=1S/C56H40N6/c1-5-17-43(18-6-1)59(47-33-29-41(30-34-47)55-57-51-25-13-15-27-53(51)61(55)45-21-9-3-10-22-45)49-37-39-50(40-38-49)60(44-19-7-2-8-20-44)48-35-31-42(32-36-48)56-58-52-26-14-16-28-54(52)62(56)46-23-11-4-12-24-46/h1-40H. The minimum Gasteiger partial charge on any atom is -0.311 e. The lowest BCUT2D eigenvalue weighted by molar-refractivity contribution is 1.10. The number of nitrogens with zero attached hydrogens (tertiary/aromatic N) is 6. The first-order valence-corrected chi connectivity index (χ1v) is 20.8. The molecular weight excluding hydrogens is 757 g/mol. The summed E-state index contributed by atoms with van der Waals surface area (Å²) in [6, 6.07) is 84.9. The second-order valence-corrected chi connectivity index (χ2v) is 15.1. The van der Waals surface area contributed by atoms with Crippen LogP contribution < -0.4 is 9.80 Å². The minimum atomic E-state index is 0.906. The lowest BCUT2D eigenvalue weighted by atomic mass is 10.1. The van der Waals surface area contributed by atoms with Crippen LogP contribution >= 0.6 is 0 Å². The highest BCUT2D eigenvalue weighted by atomic mass is 15.2. The molecule has 0 amide bonds. The van der Waals surface area contributed by atoms with Gasteiger partial charge in [0.25, 0.3) is 0 Å². The molecule has 0 saturated heterocycles. The summed E-state index contributed by atoms with van der Waals surface area (Å²) in [5, 5.41) is 0. The molecule has 0 aliphatic carbocycles. The van der Waals surface area contributed by atoms with E-state index in [1.54, 1.807) is 0 Å². The third-order valence-corrected chi connectivity index (χ3v) is 11.3. The molecule has 0 unspecified atom stereocenters. The summed E-state index contributed by atoms with van der Waals surface area (Å²) < 4.78 is 4.48. The molecule has 9 aromatic carbocycles. The quantitative estimate of drug-likeness (QED) is 0.138. The van der Waals surface area contributed by atoms with Gasteiger partial charge in [-0.15, -0.1) is 0 Å². The Kier molecular flexibility index (Phi) is 9.41. The van der Waals surface area contributed by atoms with Crippen LogP contribution in [-0.2, 0) is 0 Å². The zero-order chi connectivity index (χ0) is 41.2. The third-order valence-electron chi connectivity index (χ3n) is 11.3. The first-order valence-electron chi connectivity index (χ1n) is 20.8. The average Bonchev–Trinajstić information content (AvgIpc) is 3.94. The van der Waals surface area contributed by atoms with E-state index in [0.717, 1.165) is 90.3 Å². The number of imidazole rings is 2. The zero-order valence-electron chi connectivity index (χ0n) is 33.8. The Morgan fingerprint density at radius 3 is 0.887 bits per heavy atom. The summed E-state index contributed by atoms with van der Waals surface area (Å²) >= 11 is 0. The fourth-order valence-corrected chi connectivity index (χ4v) is 8.43. The van der Waals surface area contributed by atoms with Crippen molar-refractivity contribution >= 4 is 56.2 Å². The van der Waals surface area contributed by atoms with Crippen LogP contribution in [0.2, 0.25) is 0 Å². The van der Waals surface area contributed by atoms with Gasteiger partial charge in [0.05, 0.1) is 22.1 Å². The van der Waals surface area contributed by atoms with E-state index in [4.69, 9.17) is 9.97 Å². The SMILES string of the molecule is c1ccc(N(c2ccc(-c3nc4ccccc4n3-c3ccccc3)cc2)c2ccc(N(c3ccccc3)c3ccc(-c4nc5ccccc5n4-c4ccccc4)cc3)cc2)cc1. The summed E-state index contributed by atoms with van der Waals surface area (Å²) in [5.74, 6) is 1.81. The van der Waals surface area contributed by atoms with Crippen molar-refractivity contribution in [2.75, 3.05) is 9.80 Å². The first kappa shape index (κ1) is 36.6. The number of para-hydroxylation sites is 8. The summed E-state index contributed by atoms with van der Waals surface area (Å²) in [6.07, 6.45) is 0. The van der Waals surface area contributed by atoms with Crippen molar-refractivity contribution < 1.29 is 0 Å². The van der Waals surface area contributed by atoms with Gasteiger partial charge in [0.2, 0.25) is 0 Å². The van der Waals surface area contributed by atoms with Crippen molar-refractivity contribution in [3.63, 3.8) is 0 Å². The van der Waals surface area contributed by atoms with E-state index < -0.39 is 0 Å². The molecule has 6 heteroatoms. The topological polar surface area (TPSA) is 42.1 Å². The second-order valence-electron chi connectivity index (χ2n) is 15.1. The Labute approximate surface area is 360 Å². The molecule has 2 heterocycles. The van der Waals surface area contributed by atoms with Crippen LogP contribution in [0.3, 0.4) is 0 Å². The van der Waals surface area contributed by atoms with Gasteiger partial charge in [-0.25, -0.2) is 9.97 Å². The number of rotatable bonds is 10. The van der Waals surface area contributed by atoms with Crippen molar-refractivity contribution in [3.05, 3.63) is 243 Å². The van der Waals surface area contributed by atoms with E-state index in [9.17, 15) is 0 Å². The van der Waals surface area contributed by atoms with Crippen molar-refractivity contribution in [2.45, 2.75) is 0 Å². The molecule has 11 aromatic rings. The molecule has 0 aliphatic rings. The molecule has 11 rings (SSSR count). The van der Waals surface area contributed by atoms with E-state index >= 15 is 0 Å². The van der Waals surface area contributed by atoms with E-state index in [2.05, 4.69) is 237 Å². The van der Waals surface area contributed by atoms with Gasteiger partial charge >= 0.3 is 0 Å². The van der Waals surface area contributed by atoms with E-state index in [1.165, 1.54) is 0 Å². The second kappa shape index (κ2) is 15.9. The normalized spacial score (nSPS) is 11.2. The lowest BCUT2D eigenvalue weighted by Crippen LogP contribution is -2.12.